The van der Waals surface area contributed by atoms with Crippen LogP contribution in [-0.4, -0.2) is 49.2 Å². The van der Waals surface area contributed by atoms with E-state index in [1.807, 2.05) is 11.0 Å². The molecular formula is C22H31N3O3S. The van der Waals surface area contributed by atoms with Crippen LogP contribution in [0.3, 0.4) is 0 Å². The highest BCUT2D eigenvalue weighted by Gasteiger charge is 2.43. The molecule has 3 rings (SSSR count). The van der Waals surface area contributed by atoms with Crippen LogP contribution in [0.2, 0.25) is 0 Å². The molecular weight excluding hydrogens is 386 g/mol. The Hall–Kier alpha value is -1.91. The van der Waals surface area contributed by atoms with Gasteiger partial charge in [0.05, 0.1) is 23.1 Å². The molecule has 2 fully saturated rings. The van der Waals surface area contributed by atoms with Gasteiger partial charge < -0.3 is 4.90 Å². The van der Waals surface area contributed by atoms with Crippen LogP contribution in [0.15, 0.2) is 29.2 Å². The number of carbonyl (C=O) groups excluding carboxylic acids is 1. The second-order valence-electron chi connectivity index (χ2n) is 9.50. The highest BCUT2D eigenvalue weighted by atomic mass is 32.2. The lowest BCUT2D eigenvalue weighted by Gasteiger charge is -2.44. The van der Waals surface area contributed by atoms with Crippen molar-refractivity contribution in [1.29, 1.82) is 5.26 Å². The van der Waals surface area contributed by atoms with E-state index in [1.54, 1.807) is 0 Å². The van der Waals surface area contributed by atoms with Crippen LogP contribution >= 0.6 is 0 Å². The molecule has 0 N–H and O–H groups in total. The number of nitriles is 1. The Bertz CT molecular complexity index is 898. The lowest BCUT2D eigenvalue weighted by atomic mass is 9.70. The molecule has 0 bridgehead atoms. The summed E-state index contributed by atoms with van der Waals surface area (Å²) in [5.74, 6) is 0.444. The molecule has 2 aliphatic carbocycles. The molecule has 2 aliphatic rings. The Morgan fingerprint density at radius 1 is 1.17 bits per heavy atom. The van der Waals surface area contributed by atoms with Gasteiger partial charge in [0.15, 0.2) is 0 Å². The average molecular weight is 418 g/mol. The van der Waals surface area contributed by atoms with Crippen LogP contribution in [0.4, 0.5) is 0 Å². The molecule has 1 aromatic rings. The van der Waals surface area contributed by atoms with Gasteiger partial charge in [-0.2, -0.15) is 9.57 Å². The molecule has 0 aliphatic heterocycles. The van der Waals surface area contributed by atoms with Gasteiger partial charge in [-0.05, 0) is 67.7 Å². The number of benzene rings is 1. The third-order valence-corrected chi connectivity index (χ3v) is 7.85. The summed E-state index contributed by atoms with van der Waals surface area (Å²) < 4.78 is 26.9. The molecule has 1 amide bonds. The van der Waals surface area contributed by atoms with Gasteiger partial charge in [0.1, 0.15) is 0 Å². The van der Waals surface area contributed by atoms with Gasteiger partial charge in [0.25, 0.3) is 0 Å². The molecule has 7 heteroatoms. The molecule has 0 aromatic heterocycles. The minimum atomic E-state index is -3.79. The summed E-state index contributed by atoms with van der Waals surface area (Å²) in [5.41, 5.74) is 0.590. The first-order valence-corrected chi connectivity index (χ1v) is 11.8. The van der Waals surface area contributed by atoms with Crippen LogP contribution in [0.5, 0.6) is 0 Å². The number of nitrogens with zero attached hydrogens (tertiary/aromatic N) is 3. The van der Waals surface area contributed by atoms with Gasteiger partial charge in [-0.25, -0.2) is 8.42 Å². The van der Waals surface area contributed by atoms with E-state index in [1.165, 1.54) is 31.3 Å². The van der Waals surface area contributed by atoms with E-state index in [2.05, 4.69) is 20.8 Å². The van der Waals surface area contributed by atoms with Crippen molar-refractivity contribution in [3.05, 3.63) is 29.8 Å². The molecule has 2 atom stereocenters. The minimum Gasteiger partial charge on any atom is -0.336 e. The van der Waals surface area contributed by atoms with Crippen molar-refractivity contribution in [3.63, 3.8) is 0 Å². The van der Waals surface area contributed by atoms with Gasteiger partial charge in [0.2, 0.25) is 15.9 Å². The molecule has 158 valence electrons. The fourth-order valence-corrected chi connectivity index (χ4v) is 5.92. The van der Waals surface area contributed by atoms with Crippen LogP contribution in [0.1, 0.15) is 58.4 Å². The Labute approximate surface area is 174 Å². The van der Waals surface area contributed by atoms with E-state index < -0.39 is 10.0 Å². The maximum Gasteiger partial charge on any atom is 0.243 e. The molecule has 0 heterocycles. The third-order valence-electron chi connectivity index (χ3n) is 6.03. The quantitative estimate of drug-likeness (QED) is 0.710. The fourth-order valence-electron chi connectivity index (χ4n) is 4.80. The van der Waals surface area contributed by atoms with E-state index in [0.29, 0.717) is 11.5 Å². The maximum atomic E-state index is 13.2. The SMILES string of the molecule is CC1CC(N(C(=O)CN(C)S(=O)(=O)c2ccc(C#N)cc2)C2CC2)CC(C)(C)C1. The van der Waals surface area contributed by atoms with Gasteiger partial charge in [-0.15, -0.1) is 0 Å². The summed E-state index contributed by atoms with van der Waals surface area (Å²) in [7, 11) is -2.34. The standard InChI is InChI=1S/C22H31N3O3S/c1-16-11-19(13-22(2,3)12-16)25(18-7-8-18)21(26)15-24(4)29(27,28)20-9-5-17(14-23)6-10-20/h5-6,9-10,16,18-19H,7-8,11-13,15H2,1-4H3. The molecule has 0 spiro atoms. The summed E-state index contributed by atoms with van der Waals surface area (Å²) in [5, 5.41) is 8.90. The normalized spacial score (nSPS) is 24.1. The molecule has 2 unspecified atom stereocenters. The molecule has 0 saturated heterocycles. The van der Waals surface area contributed by atoms with E-state index in [9.17, 15) is 13.2 Å². The Kier molecular flexibility index (Phi) is 6.07. The first kappa shape index (κ1) is 21.8. The van der Waals surface area contributed by atoms with Crippen molar-refractivity contribution in [2.24, 2.45) is 11.3 Å². The second-order valence-corrected chi connectivity index (χ2v) is 11.5. The first-order valence-electron chi connectivity index (χ1n) is 10.3. The highest BCUT2D eigenvalue weighted by molar-refractivity contribution is 7.89. The number of sulfonamides is 1. The predicted molar refractivity (Wildman–Crippen MR) is 111 cm³/mol. The first-order chi connectivity index (χ1) is 13.5. The molecule has 6 nitrogen and oxygen atoms in total. The molecule has 29 heavy (non-hydrogen) atoms. The van der Waals surface area contributed by atoms with Crippen LogP contribution < -0.4 is 0 Å². The van der Waals surface area contributed by atoms with Crippen molar-refractivity contribution >= 4 is 15.9 Å². The summed E-state index contributed by atoms with van der Waals surface area (Å²) in [4.78, 5) is 15.3. The van der Waals surface area contributed by atoms with E-state index in [0.717, 1.165) is 36.4 Å². The minimum absolute atomic E-state index is 0.0946. The largest absolute Gasteiger partial charge is 0.336 e. The number of amides is 1. The van der Waals surface area contributed by atoms with E-state index in [4.69, 9.17) is 5.26 Å². The summed E-state index contributed by atoms with van der Waals surface area (Å²) in [6.45, 7) is 6.59. The Morgan fingerprint density at radius 2 is 1.79 bits per heavy atom. The van der Waals surface area contributed by atoms with E-state index in [-0.39, 0.29) is 34.8 Å². The van der Waals surface area contributed by atoms with Crippen LogP contribution in [-0.2, 0) is 14.8 Å². The van der Waals surface area contributed by atoms with E-state index >= 15 is 0 Å². The number of hydrogen-bond donors (Lipinski definition) is 0. The van der Waals surface area contributed by atoms with Gasteiger partial charge in [0, 0.05) is 19.1 Å². The highest BCUT2D eigenvalue weighted by Crippen LogP contribution is 2.43. The number of hydrogen-bond acceptors (Lipinski definition) is 4. The van der Waals surface area contributed by atoms with Crippen molar-refractivity contribution < 1.29 is 13.2 Å². The van der Waals surface area contributed by atoms with Crippen molar-refractivity contribution in [1.82, 2.24) is 9.21 Å². The van der Waals surface area contributed by atoms with Gasteiger partial charge >= 0.3 is 0 Å². The number of rotatable bonds is 6. The average Bonchev–Trinajstić information content (AvgIpc) is 3.45. The lowest BCUT2D eigenvalue weighted by molar-refractivity contribution is -0.136. The van der Waals surface area contributed by atoms with Crippen LogP contribution in [0, 0.1) is 22.7 Å². The smallest absolute Gasteiger partial charge is 0.243 e. The van der Waals surface area contributed by atoms with Crippen molar-refractivity contribution in [3.8, 4) is 6.07 Å². The van der Waals surface area contributed by atoms with Crippen molar-refractivity contribution in [2.75, 3.05) is 13.6 Å². The summed E-state index contributed by atoms with van der Waals surface area (Å²) in [6.07, 6.45) is 5.11. The Balaban J connectivity index is 1.75. The fraction of sp³-hybridized carbons (Fsp3) is 0.636. The van der Waals surface area contributed by atoms with Gasteiger partial charge in [-0.3, -0.25) is 4.79 Å². The van der Waals surface area contributed by atoms with Crippen LogP contribution in [0.25, 0.3) is 0 Å². The summed E-state index contributed by atoms with van der Waals surface area (Å²) in [6, 6.07) is 8.19. The molecule has 2 saturated carbocycles. The lowest BCUT2D eigenvalue weighted by Crippen LogP contribution is -2.50. The zero-order chi connectivity index (χ0) is 21.4. The number of carbonyl (C=O) groups is 1. The van der Waals surface area contributed by atoms with Gasteiger partial charge in [-0.1, -0.05) is 20.8 Å². The number of likely N-dealkylation sites (N-methyl/N-ethyl adjacent to an activating group) is 1. The van der Waals surface area contributed by atoms with Crippen molar-refractivity contribution in [2.45, 2.75) is 69.9 Å². The Morgan fingerprint density at radius 3 is 2.31 bits per heavy atom. The second kappa shape index (κ2) is 8.08. The maximum absolute atomic E-state index is 13.2. The summed E-state index contributed by atoms with van der Waals surface area (Å²) >= 11 is 0. The zero-order valence-electron chi connectivity index (χ0n) is 17.8. The molecule has 1 aromatic carbocycles. The third kappa shape index (κ3) is 4.99. The molecule has 0 radical (unpaired) electrons. The monoisotopic (exact) mass is 417 g/mol. The topological polar surface area (TPSA) is 81.5 Å². The predicted octanol–water partition coefficient (Wildman–Crippen LogP) is 3.38. The zero-order valence-corrected chi connectivity index (χ0v) is 18.6.